The molecule has 0 saturated heterocycles. The van der Waals surface area contributed by atoms with Crippen LogP contribution in [0.1, 0.15) is 0 Å². The molecule has 0 saturated carbocycles. The zero-order chi connectivity index (χ0) is 16.4. The molecule has 118 valence electrons. The Kier molecular flexibility index (Phi) is 4.58. The quantitative estimate of drug-likeness (QED) is 0.656. The zero-order valence-electron chi connectivity index (χ0n) is 11.4. The Labute approximate surface area is 142 Å². The van der Waals surface area contributed by atoms with E-state index in [9.17, 15) is 13.6 Å². The number of H-pyrrole nitrogens is 1. The smallest absolute Gasteiger partial charge is 0.236 e. The zero-order valence-corrected chi connectivity index (χ0v) is 13.8. The number of nitrogens with zero attached hydrogens (tertiary/aromatic N) is 2. The molecule has 2 heterocycles. The lowest BCUT2D eigenvalue weighted by atomic mass is 10.3. The van der Waals surface area contributed by atoms with E-state index in [1.54, 1.807) is 18.3 Å². The van der Waals surface area contributed by atoms with E-state index in [-0.39, 0.29) is 11.7 Å². The van der Waals surface area contributed by atoms with Gasteiger partial charge in [0.15, 0.2) is 16.8 Å². The number of carbonyl (C=O) groups excluding carboxylic acids is 1. The Morgan fingerprint density at radius 3 is 2.83 bits per heavy atom. The van der Waals surface area contributed by atoms with Crippen LogP contribution in [0.2, 0.25) is 0 Å². The second kappa shape index (κ2) is 6.63. The standard InChI is InChI=1S/C14H9BrF2N4OS/c15-7-1-2-12(18-5-7)21-13(22)6-23-14-19-10-3-8(16)9(17)4-11(10)20-14/h1-5H,6H2,(H,19,20)(H,18,21,22). The number of pyridine rings is 1. The van der Waals surface area contributed by atoms with Crippen LogP contribution in [0.25, 0.3) is 11.0 Å². The topological polar surface area (TPSA) is 70.7 Å². The average Bonchev–Trinajstić information content (AvgIpc) is 2.90. The molecule has 9 heteroatoms. The van der Waals surface area contributed by atoms with Gasteiger partial charge in [0.2, 0.25) is 5.91 Å². The molecule has 2 N–H and O–H groups in total. The van der Waals surface area contributed by atoms with Crippen molar-refractivity contribution in [1.29, 1.82) is 0 Å². The van der Waals surface area contributed by atoms with Gasteiger partial charge < -0.3 is 10.3 Å². The summed E-state index contributed by atoms with van der Waals surface area (Å²) in [5, 5.41) is 3.04. The van der Waals surface area contributed by atoms with Crippen molar-refractivity contribution in [2.24, 2.45) is 0 Å². The number of hydrogen-bond acceptors (Lipinski definition) is 4. The number of thioether (sulfide) groups is 1. The minimum absolute atomic E-state index is 0.0858. The SMILES string of the molecule is O=C(CSc1nc2cc(F)c(F)cc2[nH]1)Nc1ccc(Br)cn1. The number of benzene rings is 1. The van der Waals surface area contributed by atoms with Crippen molar-refractivity contribution in [2.45, 2.75) is 5.16 Å². The van der Waals surface area contributed by atoms with E-state index in [2.05, 4.69) is 36.2 Å². The third-order valence-corrected chi connectivity index (χ3v) is 4.18. The van der Waals surface area contributed by atoms with Gasteiger partial charge in [-0.3, -0.25) is 4.79 Å². The van der Waals surface area contributed by atoms with E-state index in [0.717, 1.165) is 28.4 Å². The van der Waals surface area contributed by atoms with Crippen molar-refractivity contribution in [3.05, 3.63) is 46.6 Å². The fourth-order valence-electron chi connectivity index (χ4n) is 1.81. The van der Waals surface area contributed by atoms with Gasteiger partial charge in [-0.15, -0.1) is 0 Å². The molecule has 23 heavy (non-hydrogen) atoms. The molecular formula is C14H9BrF2N4OS. The summed E-state index contributed by atoms with van der Waals surface area (Å²) < 4.78 is 27.1. The summed E-state index contributed by atoms with van der Waals surface area (Å²) in [4.78, 5) is 22.8. The van der Waals surface area contributed by atoms with Crippen molar-refractivity contribution in [3.8, 4) is 0 Å². The Hall–Kier alpha value is -2.00. The molecule has 0 spiro atoms. The number of amides is 1. The van der Waals surface area contributed by atoms with Gasteiger partial charge in [0.05, 0.1) is 16.8 Å². The molecule has 0 bridgehead atoms. The van der Waals surface area contributed by atoms with Gasteiger partial charge in [-0.05, 0) is 28.1 Å². The predicted octanol–water partition coefficient (Wildman–Crippen LogP) is 3.73. The summed E-state index contributed by atoms with van der Waals surface area (Å²) in [6.07, 6.45) is 1.57. The van der Waals surface area contributed by atoms with E-state index in [0.29, 0.717) is 22.0 Å². The molecule has 0 radical (unpaired) electrons. The first-order chi connectivity index (χ1) is 11.0. The number of fused-ring (bicyclic) bond motifs is 1. The summed E-state index contributed by atoms with van der Waals surface area (Å²) in [6, 6.07) is 5.47. The number of anilines is 1. The first-order valence-corrected chi connectivity index (χ1v) is 8.18. The molecule has 3 aromatic rings. The molecule has 0 atom stereocenters. The minimum atomic E-state index is -0.959. The van der Waals surface area contributed by atoms with E-state index < -0.39 is 11.6 Å². The number of aromatic nitrogens is 3. The van der Waals surface area contributed by atoms with Gasteiger partial charge in [-0.2, -0.15) is 0 Å². The second-order valence-corrected chi connectivity index (χ2v) is 6.40. The van der Waals surface area contributed by atoms with Crippen LogP contribution in [0.4, 0.5) is 14.6 Å². The van der Waals surface area contributed by atoms with Crippen LogP contribution >= 0.6 is 27.7 Å². The summed E-state index contributed by atoms with van der Waals surface area (Å²) >= 11 is 4.38. The number of aromatic amines is 1. The van der Waals surface area contributed by atoms with E-state index >= 15 is 0 Å². The van der Waals surface area contributed by atoms with E-state index in [1.807, 2.05) is 0 Å². The van der Waals surface area contributed by atoms with Gasteiger partial charge >= 0.3 is 0 Å². The van der Waals surface area contributed by atoms with Gasteiger partial charge in [0.1, 0.15) is 5.82 Å². The number of halogens is 3. The van der Waals surface area contributed by atoms with Crippen molar-refractivity contribution >= 4 is 50.5 Å². The number of hydrogen-bond donors (Lipinski definition) is 2. The van der Waals surface area contributed by atoms with Crippen molar-refractivity contribution in [3.63, 3.8) is 0 Å². The highest BCUT2D eigenvalue weighted by molar-refractivity contribution is 9.10. The van der Waals surface area contributed by atoms with E-state index in [1.165, 1.54) is 0 Å². The molecule has 1 amide bonds. The lowest BCUT2D eigenvalue weighted by molar-refractivity contribution is -0.113. The molecule has 1 aromatic carbocycles. The maximum atomic E-state index is 13.1. The first-order valence-electron chi connectivity index (χ1n) is 6.40. The number of rotatable bonds is 4. The van der Waals surface area contributed by atoms with Crippen LogP contribution < -0.4 is 5.32 Å². The summed E-state index contributed by atoms with van der Waals surface area (Å²) in [6.45, 7) is 0. The third-order valence-electron chi connectivity index (χ3n) is 2.84. The highest BCUT2D eigenvalue weighted by atomic mass is 79.9. The molecule has 0 fully saturated rings. The molecule has 2 aromatic heterocycles. The van der Waals surface area contributed by atoms with Crippen molar-refractivity contribution in [2.75, 3.05) is 11.1 Å². The Bertz CT molecular complexity index is 830. The molecule has 5 nitrogen and oxygen atoms in total. The van der Waals surface area contributed by atoms with E-state index in [4.69, 9.17) is 0 Å². The van der Waals surface area contributed by atoms with Crippen LogP contribution in [-0.4, -0.2) is 26.6 Å². The van der Waals surface area contributed by atoms with Crippen LogP contribution in [0.3, 0.4) is 0 Å². The summed E-state index contributed by atoms with van der Waals surface area (Å²) in [5.74, 6) is -1.64. The first kappa shape index (κ1) is 15.9. The molecular weight excluding hydrogens is 390 g/mol. The van der Waals surface area contributed by atoms with Crippen LogP contribution in [-0.2, 0) is 4.79 Å². The number of carbonyl (C=O) groups is 1. The summed E-state index contributed by atoms with van der Waals surface area (Å²) in [7, 11) is 0. The lowest BCUT2D eigenvalue weighted by Gasteiger charge is -2.03. The second-order valence-electron chi connectivity index (χ2n) is 4.52. The largest absolute Gasteiger partial charge is 0.333 e. The third kappa shape index (κ3) is 3.85. The highest BCUT2D eigenvalue weighted by Gasteiger charge is 2.11. The van der Waals surface area contributed by atoms with Crippen LogP contribution in [0.15, 0.2) is 40.1 Å². The predicted molar refractivity (Wildman–Crippen MR) is 87.3 cm³/mol. The average molecular weight is 399 g/mol. The van der Waals surface area contributed by atoms with Gasteiger partial charge in [0.25, 0.3) is 0 Å². The number of imidazole rings is 1. The highest BCUT2D eigenvalue weighted by Crippen LogP contribution is 2.22. The van der Waals surface area contributed by atoms with Crippen molar-refractivity contribution in [1.82, 2.24) is 15.0 Å². The fraction of sp³-hybridized carbons (Fsp3) is 0.0714. The number of nitrogens with one attached hydrogen (secondary N) is 2. The summed E-state index contributed by atoms with van der Waals surface area (Å²) in [5.41, 5.74) is 0.683. The Morgan fingerprint density at radius 2 is 2.09 bits per heavy atom. The maximum absolute atomic E-state index is 13.1. The maximum Gasteiger partial charge on any atom is 0.236 e. The lowest BCUT2D eigenvalue weighted by Crippen LogP contribution is -2.14. The normalized spacial score (nSPS) is 10.9. The monoisotopic (exact) mass is 398 g/mol. The molecule has 0 aliphatic rings. The van der Waals surface area contributed by atoms with Crippen molar-refractivity contribution < 1.29 is 13.6 Å². The van der Waals surface area contributed by atoms with Gasteiger partial charge in [-0.1, -0.05) is 11.8 Å². The van der Waals surface area contributed by atoms with Crippen LogP contribution in [0, 0.1) is 11.6 Å². The minimum Gasteiger partial charge on any atom is -0.333 e. The molecule has 3 rings (SSSR count). The molecule has 0 aliphatic carbocycles. The Balaban J connectivity index is 1.63. The molecule has 0 unspecified atom stereocenters. The van der Waals surface area contributed by atoms with Gasteiger partial charge in [-0.25, -0.2) is 18.7 Å². The Morgan fingerprint density at radius 1 is 1.30 bits per heavy atom. The van der Waals surface area contributed by atoms with Crippen LogP contribution in [0.5, 0.6) is 0 Å². The fourth-order valence-corrected chi connectivity index (χ4v) is 2.73. The molecule has 0 aliphatic heterocycles. The van der Waals surface area contributed by atoms with Gasteiger partial charge in [0, 0.05) is 22.8 Å².